The van der Waals surface area contributed by atoms with Crippen LogP contribution >= 0.6 is 0 Å². The first-order valence-corrected chi connectivity index (χ1v) is 7.40. The van der Waals surface area contributed by atoms with Crippen LogP contribution < -0.4 is 10.2 Å². The third-order valence-electron chi connectivity index (χ3n) is 3.57. The number of carboxylic acids is 1. The Labute approximate surface area is 134 Å². The van der Waals surface area contributed by atoms with E-state index in [4.69, 9.17) is 4.74 Å². The van der Waals surface area contributed by atoms with Crippen molar-refractivity contribution in [1.29, 1.82) is 0 Å². The molecule has 2 rings (SSSR count). The monoisotopic (exact) mass is 322 g/mol. The van der Waals surface area contributed by atoms with Crippen LogP contribution in [0.1, 0.15) is 32.9 Å². The number of hydrogen-bond acceptors (Lipinski definition) is 6. The Morgan fingerprint density at radius 1 is 1.35 bits per heavy atom. The minimum absolute atomic E-state index is 0.112. The zero-order valence-electron chi connectivity index (χ0n) is 13.8. The third kappa shape index (κ3) is 3.88. The fourth-order valence-corrected chi connectivity index (χ4v) is 2.53. The molecule has 0 saturated carbocycles. The number of carboxylic acid groups (broad SMARTS) is 1. The first-order chi connectivity index (χ1) is 10.6. The van der Waals surface area contributed by atoms with Crippen LogP contribution in [0.2, 0.25) is 0 Å². The smallest absolute Gasteiger partial charge is 0.408 e. The number of alkyl carbamates (subject to hydrolysis) is 1. The molecule has 8 heteroatoms. The van der Waals surface area contributed by atoms with Crippen molar-refractivity contribution in [2.75, 3.05) is 18.0 Å². The van der Waals surface area contributed by atoms with Crippen LogP contribution in [0.5, 0.6) is 0 Å². The van der Waals surface area contributed by atoms with Crippen molar-refractivity contribution in [1.82, 2.24) is 15.3 Å². The van der Waals surface area contributed by atoms with E-state index in [2.05, 4.69) is 15.3 Å². The van der Waals surface area contributed by atoms with Gasteiger partial charge in [-0.15, -0.1) is 0 Å². The average Bonchev–Trinajstić information content (AvgIpc) is 2.82. The number of amides is 1. The van der Waals surface area contributed by atoms with Gasteiger partial charge in [0.25, 0.3) is 0 Å². The number of rotatable bonds is 3. The normalized spacial score (nSPS) is 21.1. The summed E-state index contributed by atoms with van der Waals surface area (Å²) in [6, 6.07) is 0. The summed E-state index contributed by atoms with van der Waals surface area (Å²) in [6.07, 6.45) is 2.66. The molecule has 1 aliphatic heterocycles. The number of carbonyl (C=O) groups excluding carboxylic acids is 1. The second kappa shape index (κ2) is 6.02. The summed E-state index contributed by atoms with van der Waals surface area (Å²) in [4.78, 5) is 34.0. The lowest BCUT2D eigenvalue weighted by Gasteiger charge is -2.28. The summed E-state index contributed by atoms with van der Waals surface area (Å²) in [5.41, 5.74) is -1.37. The molecule has 2 heterocycles. The van der Waals surface area contributed by atoms with Gasteiger partial charge in [-0.25, -0.2) is 14.6 Å². The van der Waals surface area contributed by atoms with E-state index >= 15 is 0 Å². The van der Waals surface area contributed by atoms with Crippen molar-refractivity contribution in [2.24, 2.45) is 0 Å². The van der Waals surface area contributed by atoms with Gasteiger partial charge < -0.3 is 20.1 Å². The minimum atomic E-state index is -1.40. The Hall–Kier alpha value is -2.38. The predicted octanol–water partition coefficient (Wildman–Crippen LogP) is 1.34. The molecule has 23 heavy (non-hydrogen) atoms. The first-order valence-electron chi connectivity index (χ1n) is 7.40. The van der Waals surface area contributed by atoms with Gasteiger partial charge in [0, 0.05) is 25.4 Å². The first kappa shape index (κ1) is 17.0. The van der Waals surface area contributed by atoms with Crippen molar-refractivity contribution in [3.8, 4) is 0 Å². The van der Waals surface area contributed by atoms with Crippen molar-refractivity contribution < 1.29 is 19.4 Å². The number of aromatic nitrogens is 2. The highest BCUT2D eigenvalue weighted by molar-refractivity contribution is 5.86. The lowest BCUT2D eigenvalue weighted by atomic mass is 9.99. The van der Waals surface area contributed by atoms with Crippen LogP contribution in [-0.4, -0.2) is 51.4 Å². The highest BCUT2D eigenvalue weighted by Crippen LogP contribution is 2.27. The molecule has 1 aliphatic rings. The number of carbonyl (C=O) groups is 2. The number of anilines is 1. The van der Waals surface area contributed by atoms with Crippen LogP contribution in [-0.2, 0) is 9.53 Å². The molecule has 0 radical (unpaired) electrons. The summed E-state index contributed by atoms with van der Waals surface area (Å²) >= 11 is 0. The zero-order chi connectivity index (χ0) is 17.3. The molecular formula is C15H22N4O4. The van der Waals surface area contributed by atoms with Crippen molar-refractivity contribution >= 4 is 17.9 Å². The Morgan fingerprint density at radius 3 is 2.57 bits per heavy atom. The Morgan fingerprint density at radius 2 is 2.00 bits per heavy atom. The van der Waals surface area contributed by atoms with Crippen LogP contribution in [0, 0.1) is 6.92 Å². The van der Waals surface area contributed by atoms with Gasteiger partial charge in [0.05, 0.1) is 12.2 Å². The topological polar surface area (TPSA) is 105 Å². The van der Waals surface area contributed by atoms with Crippen molar-refractivity contribution in [3.05, 3.63) is 18.1 Å². The molecule has 1 aromatic rings. The number of nitrogens with one attached hydrogen (secondary N) is 1. The molecular weight excluding hydrogens is 300 g/mol. The van der Waals surface area contributed by atoms with Gasteiger partial charge in [0.2, 0.25) is 0 Å². The van der Waals surface area contributed by atoms with Crippen LogP contribution in [0.3, 0.4) is 0 Å². The fraction of sp³-hybridized carbons (Fsp3) is 0.600. The lowest BCUT2D eigenvalue weighted by Crippen LogP contribution is -2.57. The molecule has 1 atom stereocenters. The van der Waals surface area contributed by atoms with E-state index < -0.39 is 23.2 Å². The maximum Gasteiger partial charge on any atom is 0.408 e. The molecule has 1 unspecified atom stereocenters. The maximum absolute atomic E-state index is 12.0. The second-order valence-electron chi connectivity index (χ2n) is 6.65. The molecule has 1 aromatic heterocycles. The van der Waals surface area contributed by atoms with Crippen LogP contribution in [0.4, 0.5) is 10.6 Å². The van der Waals surface area contributed by atoms with E-state index in [9.17, 15) is 14.7 Å². The second-order valence-corrected chi connectivity index (χ2v) is 6.65. The van der Waals surface area contributed by atoms with Crippen molar-refractivity contribution in [2.45, 2.75) is 45.3 Å². The molecule has 0 spiro atoms. The molecule has 8 nitrogen and oxygen atoms in total. The maximum atomic E-state index is 12.0. The largest absolute Gasteiger partial charge is 0.479 e. The van der Waals surface area contributed by atoms with Gasteiger partial charge >= 0.3 is 12.1 Å². The van der Waals surface area contributed by atoms with E-state index in [1.165, 1.54) is 0 Å². The van der Waals surface area contributed by atoms with Gasteiger partial charge in [-0.1, -0.05) is 0 Å². The van der Waals surface area contributed by atoms with E-state index in [1.54, 1.807) is 33.2 Å². The summed E-state index contributed by atoms with van der Waals surface area (Å²) in [5, 5.41) is 12.1. The van der Waals surface area contributed by atoms with Gasteiger partial charge in [-0.2, -0.15) is 0 Å². The number of aryl methyl sites for hydroxylation is 1. The molecule has 1 fully saturated rings. The Balaban J connectivity index is 2.16. The molecule has 2 N–H and O–H groups in total. The van der Waals surface area contributed by atoms with Crippen LogP contribution in [0.25, 0.3) is 0 Å². The molecule has 0 bridgehead atoms. The predicted molar refractivity (Wildman–Crippen MR) is 83.3 cm³/mol. The minimum Gasteiger partial charge on any atom is -0.479 e. The molecule has 126 valence electrons. The Bertz CT molecular complexity index is 614. The summed E-state index contributed by atoms with van der Waals surface area (Å²) in [6.45, 7) is 7.56. The highest BCUT2D eigenvalue weighted by atomic mass is 16.6. The number of ether oxygens (including phenoxy) is 1. The van der Waals surface area contributed by atoms with Crippen LogP contribution in [0.15, 0.2) is 12.4 Å². The number of hydrogen-bond donors (Lipinski definition) is 2. The summed E-state index contributed by atoms with van der Waals surface area (Å²) in [7, 11) is 0. The van der Waals surface area contributed by atoms with E-state index in [-0.39, 0.29) is 13.0 Å². The fourth-order valence-electron chi connectivity index (χ4n) is 2.53. The summed E-state index contributed by atoms with van der Waals surface area (Å²) in [5.74, 6) is -0.464. The van der Waals surface area contributed by atoms with Gasteiger partial charge in [-0.05, 0) is 27.7 Å². The average molecular weight is 322 g/mol. The standard InChI is InChI=1S/C15H22N4O4/c1-10-11(17-7-6-16-10)19-8-5-15(9-19,12(20)21)18-13(22)23-14(2,3)4/h6-7H,5,8-9H2,1-4H3,(H,18,22)(H,20,21). The summed E-state index contributed by atoms with van der Waals surface area (Å²) < 4.78 is 5.18. The van der Waals surface area contributed by atoms with Crippen molar-refractivity contribution in [3.63, 3.8) is 0 Å². The SMILES string of the molecule is Cc1nccnc1N1CCC(NC(=O)OC(C)(C)C)(C(=O)O)C1. The molecule has 0 aliphatic carbocycles. The lowest BCUT2D eigenvalue weighted by molar-refractivity contribution is -0.143. The zero-order valence-corrected chi connectivity index (χ0v) is 13.8. The third-order valence-corrected chi connectivity index (χ3v) is 3.57. The van der Waals surface area contributed by atoms with Gasteiger partial charge in [0.1, 0.15) is 11.4 Å². The quantitative estimate of drug-likeness (QED) is 0.865. The molecule has 1 amide bonds. The number of nitrogens with zero attached hydrogens (tertiary/aromatic N) is 3. The molecule has 0 aromatic carbocycles. The van der Waals surface area contributed by atoms with E-state index in [1.807, 2.05) is 11.8 Å². The Kier molecular flexibility index (Phi) is 4.44. The number of aliphatic carboxylic acids is 1. The highest BCUT2D eigenvalue weighted by Gasteiger charge is 2.47. The van der Waals surface area contributed by atoms with E-state index in [0.29, 0.717) is 18.1 Å². The van der Waals surface area contributed by atoms with Gasteiger partial charge in [-0.3, -0.25) is 4.98 Å². The van der Waals surface area contributed by atoms with E-state index in [0.717, 1.165) is 0 Å². The molecule has 1 saturated heterocycles. The van der Waals surface area contributed by atoms with Gasteiger partial charge in [0.15, 0.2) is 5.54 Å².